The van der Waals surface area contributed by atoms with Crippen LogP contribution in [0, 0.1) is 6.92 Å². The van der Waals surface area contributed by atoms with Gasteiger partial charge in [-0.05, 0) is 19.1 Å². The molecule has 2 aromatic rings. The molecule has 1 aliphatic rings. The number of benzene rings is 1. The van der Waals surface area contributed by atoms with Crippen LogP contribution in [0.25, 0.3) is 0 Å². The van der Waals surface area contributed by atoms with E-state index in [0.717, 1.165) is 24.1 Å². The van der Waals surface area contributed by atoms with E-state index in [4.69, 9.17) is 0 Å². The number of anilines is 3. The smallest absolute Gasteiger partial charge is 0.135 e. The van der Waals surface area contributed by atoms with Crippen LogP contribution in [0.1, 0.15) is 11.3 Å². The summed E-state index contributed by atoms with van der Waals surface area (Å²) in [4.78, 5) is 4.69. The van der Waals surface area contributed by atoms with Crippen molar-refractivity contribution in [2.24, 2.45) is 7.05 Å². The lowest BCUT2D eigenvalue weighted by Gasteiger charge is -2.37. The first-order chi connectivity index (χ1) is 9.63. The maximum Gasteiger partial charge on any atom is 0.135 e. The minimum absolute atomic E-state index is 0.830. The average Bonchev–Trinajstić information content (AvgIpc) is 2.73. The van der Waals surface area contributed by atoms with Crippen LogP contribution in [0.3, 0.4) is 0 Å². The van der Waals surface area contributed by atoms with Gasteiger partial charge in [-0.2, -0.15) is 5.10 Å². The quantitative estimate of drug-likeness (QED) is 0.788. The van der Waals surface area contributed by atoms with Crippen molar-refractivity contribution in [2.75, 3.05) is 29.9 Å². The van der Waals surface area contributed by atoms with Crippen molar-refractivity contribution in [1.29, 1.82) is 0 Å². The first-order valence-corrected chi connectivity index (χ1v) is 7.91. The normalized spacial score (nSPS) is 14.6. The number of para-hydroxylation sites is 2. The summed E-state index contributed by atoms with van der Waals surface area (Å²) < 4.78 is 1.99. The van der Waals surface area contributed by atoms with E-state index in [2.05, 4.69) is 69.1 Å². The fraction of sp³-hybridized carbons (Fsp3) is 0.400. The second-order valence-electron chi connectivity index (χ2n) is 5.21. The molecule has 3 rings (SSSR count). The highest BCUT2D eigenvalue weighted by atomic mass is 79.9. The van der Waals surface area contributed by atoms with Crippen LogP contribution in [-0.2, 0) is 12.4 Å². The van der Waals surface area contributed by atoms with E-state index >= 15 is 0 Å². The molecule has 0 N–H and O–H groups in total. The van der Waals surface area contributed by atoms with Gasteiger partial charge in [-0.3, -0.25) is 4.68 Å². The molecule has 0 saturated heterocycles. The molecule has 4 nitrogen and oxygen atoms in total. The fourth-order valence-corrected chi connectivity index (χ4v) is 3.57. The predicted octanol–water partition coefficient (Wildman–Crippen LogP) is 3.21. The minimum Gasteiger partial charge on any atom is -0.371 e. The van der Waals surface area contributed by atoms with E-state index in [0.29, 0.717) is 0 Å². The molecule has 2 heterocycles. The highest BCUT2D eigenvalue weighted by molar-refractivity contribution is 9.08. The zero-order valence-corrected chi connectivity index (χ0v) is 13.7. The molecule has 1 aliphatic heterocycles. The Kier molecular flexibility index (Phi) is 3.46. The van der Waals surface area contributed by atoms with Gasteiger partial charge in [0.25, 0.3) is 0 Å². The highest BCUT2D eigenvalue weighted by Crippen LogP contribution is 2.39. The largest absolute Gasteiger partial charge is 0.371 e. The van der Waals surface area contributed by atoms with Crippen molar-refractivity contribution in [3.05, 3.63) is 35.5 Å². The summed E-state index contributed by atoms with van der Waals surface area (Å²) in [5, 5.41) is 5.41. The number of halogens is 1. The Balaban J connectivity index is 2.15. The van der Waals surface area contributed by atoms with Gasteiger partial charge < -0.3 is 9.80 Å². The monoisotopic (exact) mass is 334 g/mol. The zero-order valence-electron chi connectivity index (χ0n) is 12.1. The summed E-state index contributed by atoms with van der Waals surface area (Å²) in [5.41, 5.74) is 4.90. The maximum absolute atomic E-state index is 4.58. The summed E-state index contributed by atoms with van der Waals surface area (Å²) in [6.45, 7) is 4.07. The molecule has 0 unspecified atom stereocenters. The Morgan fingerprint density at radius 2 is 1.85 bits per heavy atom. The molecular weight excluding hydrogens is 316 g/mol. The molecule has 0 spiro atoms. The Bertz CT molecular complexity index is 635. The van der Waals surface area contributed by atoms with Crippen LogP contribution in [0.4, 0.5) is 17.2 Å². The van der Waals surface area contributed by atoms with E-state index in [1.54, 1.807) is 0 Å². The number of likely N-dealkylation sites (N-methyl/N-ethyl adjacent to an activating group) is 1. The predicted molar refractivity (Wildman–Crippen MR) is 87.3 cm³/mol. The van der Waals surface area contributed by atoms with Gasteiger partial charge in [-0.1, -0.05) is 28.1 Å². The number of fused-ring (bicyclic) bond motifs is 1. The standard InChI is InChI=1S/C15H19BrN4/c1-11-12(10-16)15(19(3)17-11)20-9-8-18(2)13-6-4-5-7-14(13)20/h4-7H,8-10H2,1-3H3. The van der Waals surface area contributed by atoms with Crippen molar-refractivity contribution in [3.8, 4) is 0 Å². The molecule has 0 aliphatic carbocycles. The van der Waals surface area contributed by atoms with E-state index in [1.165, 1.54) is 22.8 Å². The van der Waals surface area contributed by atoms with Crippen LogP contribution in [0.2, 0.25) is 0 Å². The number of alkyl halides is 1. The van der Waals surface area contributed by atoms with Gasteiger partial charge in [-0.15, -0.1) is 0 Å². The third-order valence-corrected chi connectivity index (χ3v) is 4.51. The Labute approximate surface area is 128 Å². The summed E-state index contributed by atoms with van der Waals surface area (Å²) in [6.07, 6.45) is 0. The molecular formula is C15H19BrN4. The third kappa shape index (κ3) is 2.00. The Morgan fingerprint density at radius 1 is 1.15 bits per heavy atom. The molecule has 1 aromatic heterocycles. The van der Waals surface area contributed by atoms with E-state index in [9.17, 15) is 0 Å². The molecule has 5 heteroatoms. The van der Waals surface area contributed by atoms with Crippen molar-refractivity contribution >= 4 is 33.1 Å². The van der Waals surface area contributed by atoms with Gasteiger partial charge in [0.15, 0.2) is 0 Å². The third-order valence-electron chi connectivity index (χ3n) is 3.95. The van der Waals surface area contributed by atoms with Gasteiger partial charge in [0.1, 0.15) is 5.82 Å². The number of aromatic nitrogens is 2. The summed E-state index contributed by atoms with van der Waals surface area (Å²) in [5.74, 6) is 1.19. The van der Waals surface area contributed by atoms with Gasteiger partial charge in [0.2, 0.25) is 0 Å². The number of rotatable bonds is 2. The molecule has 0 fully saturated rings. The molecule has 1 aromatic carbocycles. The van der Waals surface area contributed by atoms with Crippen molar-refractivity contribution in [1.82, 2.24) is 9.78 Å². The molecule has 0 radical (unpaired) electrons. The molecule has 20 heavy (non-hydrogen) atoms. The maximum atomic E-state index is 4.58. The van der Waals surface area contributed by atoms with Crippen LogP contribution >= 0.6 is 15.9 Å². The zero-order chi connectivity index (χ0) is 14.3. The number of aryl methyl sites for hydroxylation is 2. The lowest BCUT2D eigenvalue weighted by atomic mass is 10.1. The van der Waals surface area contributed by atoms with E-state index < -0.39 is 0 Å². The van der Waals surface area contributed by atoms with Gasteiger partial charge in [0.05, 0.1) is 17.1 Å². The minimum atomic E-state index is 0.830. The lowest BCUT2D eigenvalue weighted by molar-refractivity contribution is 0.723. The molecule has 0 bridgehead atoms. The highest BCUT2D eigenvalue weighted by Gasteiger charge is 2.26. The summed E-state index contributed by atoms with van der Waals surface area (Å²) in [6, 6.07) is 8.56. The van der Waals surface area contributed by atoms with Gasteiger partial charge >= 0.3 is 0 Å². The molecule has 0 saturated carbocycles. The summed E-state index contributed by atoms with van der Waals surface area (Å²) >= 11 is 3.60. The van der Waals surface area contributed by atoms with Crippen LogP contribution in [0.5, 0.6) is 0 Å². The van der Waals surface area contributed by atoms with Crippen molar-refractivity contribution in [3.63, 3.8) is 0 Å². The lowest BCUT2D eigenvalue weighted by Crippen LogP contribution is -2.37. The Hall–Kier alpha value is -1.49. The second-order valence-corrected chi connectivity index (χ2v) is 5.77. The first kappa shape index (κ1) is 13.5. The van der Waals surface area contributed by atoms with Crippen LogP contribution in [-0.4, -0.2) is 29.9 Å². The topological polar surface area (TPSA) is 24.3 Å². The molecule has 0 amide bonds. The van der Waals surface area contributed by atoms with Crippen molar-refractivity contribution < 1.29 is 0 Å². The molecule has 106 valence electrons. The summed E-state index contributed by atoms with van der Waals surface area (Å²) in [7, 11) is 4.17. The number of hydrogen-bond acceptors (Lipinski definition) is 3. The van der Waals surface area contributed by atoms with E-state index in [1.807, 2.05) is 11.7 Å². The second kappa shape index (κ2) is 5.13. The number of hydrogen-bond donors (Lipinski definition) is 0. The van der Waals surface area contributed by atoms with E-state index in [-0.39, 0.29) is 0 Å². The van der Waals surface area contributed by atoms with Crippen LogP contribution < -0.4 is 9.80 Å². The first-order valence-electron chi connectivity index (χ1n) is 6.79. The fourth-order valence-electron chi connectivity index (χ4n) is 2.91. The SMILES string of the molecule is Cc1nn(C)c(N2CCN(C)c3ccccc32)c1CBr. The van der Waals surface area contributed by atoms with Crippen molar-refractivity contribution in [2.45, 2.75) is 12.3 Å². The number of nitrogens with zero attached hydrogens (tertiary/aromatic N) is 4. The van der Waals surface area contributed by atoms with Gasteiger partial charge in [0, 0.05) is 38.1 Å². The van der Waals surface area contributed by atoms with Gasteiger partial charge in [-0.25, -0.2) is 0 Å². The van der Waals surface area contributed by atoms with Crippen LogP contribution in [0.15, 0.2) is 24.3 Å². The Morgan fingerprint density at radius 3 is 2.55 bits per heavy atom. The molecule has 0 atom stereocenters. The average molecular weight is 335 g/mol.